The van der Waals surface area contributed by atoms with Crippen LogP contribution in [0.25, 0.3) is 0 Å². The predicted molar refractivity (Wildman–Crippen MR) is 135 cm³/mol. The van der Waals surface area contributed by atoms with E-state index in [1.54, 1.807) is 0 Å². The molecule has 4 aliphatic heterocycles. The number of carbonyl (C=O) groups excluding carboxylic acids is 1. The number of rotatable bonds is 3. The Bertz CT molecular complexity index is 1400. The van der Waals surface area contributed by atoms with Gasteiger partial charge < -0.3 is 29.2 Å². The standard InChI is InChI=1S/C28H31N3O7/c1-12-6-15-7-17-19(9-29)31-18(23(30(17)4)21(15)24(34)25(12)35-5)8-16-22(20(31)10-32)28-27(36-11-37-28)13(2)26(16)38-14(3)33/h6,17-20,23,32,34H,7-8,10-11H2,1-5H3/t17-,18?,19?,20-,23-/m0/s1. The van der Waals surface area contributed by atoms with Gasteiger partial charge in [0.15, 0.2) is 23.0 Å². The first-order valence-electron chi connectivity index (χ1n) is 12.8. The summed E-state index contributed by atoms with van der Waals surface area (Å²) in [6.07, 6.45) is 0.971. The Labute approximate surface area is 220 Å². The summed E-state index contributed by atoms with van der Waals surface area (Å²) in [7, 11) is 3.52. The normalized spacial score (nSPS) is 27.1. The molecule has 2 aromatic carbocycles. The van der Waals surface area contributed by atoms with Crippen molar-refractivity contribution >= 4 is 5.97 Å². The van der Waals surface area contributed by atoms with Gasteiger partial charge in [0.2, 0.25) is 6.79 Å². The van der Waals surface area contributed by atoms with Crippen LogP contribution in [0.4, 0.5) is 0 Å². The van der Waals surface area contributed by atoms with Gasteiger partial charge in [-0.25, -0.2) is 0 Å². The van der Waals surface area contributed by atoms with Crippen molar-refractivity contribution in [3.05, 3.63) is 39.4 Å². The van der Waals surface area contributed by atoms with Gasteiger partial charge in [-0.15, -0.1) is 0 Å². The lowest BCUT2D eigenvalue weighted by Crippen LogP contribution is -2.68. The summed E-state index contributed by atoms with van der Waals surface area (Å²) in [5.41, 5.74) is 4.67. The van der Waals surface area contributed by atoms with Gasteiger partial charge in [-0.3, -0.25) is 14.6 Å². The van der Waals surface area contributed by atoms with Crippen molar-refractivity contribution in [1.29, 1.82) is 5.26 Å². The van der Waals surface area contributed by atoms with E-state index in [1.807, 2.05) is 27.0 Å². The van der Waals surface area contributed by atoms with E-state index in [9.17, 15) is 20.3 Å². The van der Waals surface area contributed by atoms with E-state index in [0.29, 0.717) is 47.0 Å². The van der Waals surface area contributed by atoms with E-state index in [1.165, 1.54) is 14.0 Å². The van der Waals surface area contributed by atoms with E-state index in [4.69, 9.17) is 18.9 Å². The molecule has 0 spiro atoms. The molecule has 0 saturated carbocycles. The molecule has 200 valence electrons. The van der Waals surface area contributed by atoms with Crippen LogP contribution in [0.15, 0.2) is 6.07 Å². The Morgan fingerprint density at radius 3 is 2.58 bits per heavy atom. The average Bonchev–Trinajstić information content (AvgIpc) is 3.36. The molecule has 5 atom stereocenters. The van der Waals surface area contributed by atoms with E-state index in [-0.39, 0.29) is 37.3 Å². The molecule has 1 fully saturated rings. The summed E-state index contributed by atoms with van der Waals surface area (Å²) < 4.78 is 23.0. The lowest BCUT2D eigenvalue weighted by atomic mass is 9.71. The predicted octanol–water partition coefficient (Wildman–Crippen LogP) is 2.44. The highest BCUT2D eigenvalue weighted by Gasteiger charge is 2.56. The minimum absolute atomic E-state index is 0.0176. The molecule has 0 aromatic heterocycles. The van der Waals surface area contributed by atoms with E-state index in [0.717, 1.165) is 22.3 Å². The first kappa shape index (κ1) is 24.8. The molecule has 2 aromatic rings. The number of carbonyl (C=O) groups is 1. The van der Waals surface area contributed by atoms with E-state index in [2.05, 4.69) is 15.9 Å². The number of hydrogen-bond acceptors (Lipinski definition) is 10. The number of fused-ring (bicyclic) bond motifs is 9. The van der Waals surface area contributed by atoms with Crippen molar-refractivity contribution in [2.75, 3.05) is 27.6 Å². The molecule has 0 amide bonds. The molecule has 2 N–H and O–H groups in total. The first-order valence-corrected chi connectivity index (χ1v) is 12.8. The third-order valence-corrected chi connectivity index (χ3v) is 8.68. The first-order chi connectivity index (χ1) is 18.2. The van der Waals surface area contributed by atoms with Crippen molar-refractivity contribution in [3.63, 3.8) is 0 Å². The molecular formula is C28H31N3O7. The van der Waals surface area contributed by atoms with Crippen LogP contribution in [0.2, 0.25) is 0 Å². The fourth-order valence-corrected chi connectivity index (χ4v) is 7.29. The van der Waals surface area contributed by atoms with Gasteiger partial charge in [0.25, 0.3) is 0 Å². The van der Waals surface area contributed by atoms with Gasteiger partial charge >= 0.3 is 5.97 Å². The van der Waals surface area contributed by atoms with Crippen LogP contribution in [0, 0.1) is 25.2 Å². The molecule has 38 heavy (non-hydrogen) atoms. The fourth-order valence-electron chi connectivity index (χ4n) is 7.29. The molecule has 6 rings (SSSR count). The Kier molecular flexibility index (Phi) is 5.72. The number of ether oxygens (including phenoxy) is 4. The van der Waals surface area contributed by atoms with E-state index < -0.39 is 18.1 Å². The van der Waals surface area contributed by atoms with Gasteiger partial charge in [0, 0.05) is 41.3 Å². The van der Waals surface area contributed by atoms with Gasteiger partial charge in [-0.2, -0.15) is 5.26 Å². The number of phenols is 1. The molecule has 10 nitrogen and oxygen atoms in total. The number of nitriles is 1. The number of aliphatic hydroxyl groups is 1. The zero-order chi connectivity index (χ0) is 27.0. The Morgan fingerprint density at radius 2 is 1.92 bits per heavy atom. The van der Waals surface area contributed by atoms with Crippen LogP contribution < -0.4 is 18.9 Å². The number of methoxy groups -OCH3 is 1. The summed E-state index contributed by atoms with van der Waals surface area (Å²) in [6.45, 7) is 4.81. The number of esters is 1. The molecule has 0 aliphatic carbocycles. The summed E-state index contributed by atoms with van der Waals surface area (Å²) in [6, 6.07) is 2.62. The minimum Gasteiger partial charge on any atom is -0.504 e. The number of aryl methyl sites for hydroxylation is 1. The quantitative estimate of drug-likeness (QED) is 0.460. The topological polar surface area (TPSA) is 125 Å². The fraction of sp³-hybridized carbons (Fsp3) is 0.500. The largest absolute Gasteiger partial charge is 0.504 e. The van der Waals surface area contributed by atoms with Crippen LogP contribution in [0.3, 0.4) is 0 Å². The SMILES string of the molecule is COc1c(C)cc2c(c1O)[C@@H]1C3Cc4c(OC(C)=O)c(C)c5c(c4[C@H](CO)N3C(C#N)[C@H](C2)N1C)OCO5. The number of phenolic OH excluding ortho intramolecular Hbond substituents is 1. The number of piperazine rings is 1. The van der Waals surface area contributed by atoms with Gasteiger partial charge in [-0.05, 0) is 44.9 Å². The molecule has 2 unspecified atom stereocenters. The molecule has 0 radical (unpaired) electrons. The van der Waals surface area contributed by atoms with Crippen LogP contribution in [0.5, 0.6) is 28.7 Å². The number of hydrogen-bond donors (Lipinski definition) is 2. The zero-order valence-corrected chi connectivity index (χ0v) is 22.1. The van der Waals surface area contributed by atoms with Crippen LogP contribution >= 0.6 is 0 Å². The molecule has 2 bridgehead atoms. The van der Waals surface area contributed by atoms with Crippen LogP contribution in [-0.2, 0) is 17.6 Å². The third kappa shape index (κ3) is 3.19. The second kappa shape index (κ2) is 8.76. The number of aromatic hydroxyl groups is 1. The Morgan fingerprint density at radius 1 is 1.18 bits per heavy atom. The van der Waals surface area contributed by atoms with Gasteiger partial charge in [-0.1, -0.05) is 6.07 Å². The van der Waals surface area contributed by atoms with Crippen molar-refractivity contribution in [2.24, 2.45) is 0 Å². The lowest BCUT2D eigenvalue weighted by Gasteiger charge is -2.59. The third-order valence-electron chi connectivity index (χ3n) is 8.68. The Balaban J connectivity index is 1.62. The van der Waals surface area contributed by atoms with Crippen molar-refractivity contribution in [3.8, 4) is 34.8 Å². The van der Waals surface area contributed by atoms with Crippen molar-refractivity contribution < 1.29 is 34.0 Å². The molecular weight excluding hydrogens is 490 g/mol. The highest BCUT2D eigenvalue weighted by atomic mass is 16.7. The Hall–Kier alpha value is -3.52. The van der Waals surface area contributed by atoms with E-state index >= 15 is 0 Å². The lowest BCUT2D eigenvalue weighted by molar-refractivity contribution is -0.132. The molecule has 1 saturated heterocycles. The summed E-state index contributed by atoms with van der Waals surface area (Å²) >= 11 is 0. The number of aliphatic hydroxyl groups excluding tert-OH is 1. The smallest absolute Gasteiger partial charge is 0.308 e. The number of likely N-dealkylation sites (N-methyl/N-ethyl adjacent to an activating group) is 1. The van der Waals surface area contributed by atoms with Crippen LogP contribution in [-0.4, -0.2) is 71.7 Å². The van der Waals surface area contributed by atoms with Gasteiger partial charge in [0.1, 0.15) is 11.8 Å². The number of benzene rings is 2. The highest BCUT2D eigenvalue weighted by molar-refractivity contribution is 5.74. The second-order valence-corrected chi connectivity index (χ2v) is 10.5. The summed E-state index contributed by atoms with van der Waals surface area (Å²) in [4.78, 5) is 16.4. The number of nitrogens with zero attached hydrogens (tertiary/aromatic N) is 3. The highest BCUT2D eigenvalue weighted by Crippen LogP contribution is 2.58. The minimum atomic E-state index is -0.603. The van der Waals surface area contributed by atoms with Gasteiger partial charge in [0.05, 0.1) is 31.9 Å². The maximum absolute atomic E-state index is 12.2. The maximum atomic E-state index is 12.2. The average molecular weight is 522 g/mol. The summed E-state index contributed by atoms with van der Waals surface area (Å²) in [5.74, 6) is 1.47. The van der Waals surface area contributed by atoms with Crippen molar-refractivity contribution in [1.82, 2.24) is 9.80 Å². The van der Waals surface area contributed by atoms with Crippen LogP contribution in [0.1, 0.15) is 52.4 Å². The molecule has 4 heterocycles. The van der Waals surface area contributed by atoms with Crippen molar-refractivity contribution in [2.45, 2.75) is 63.8 Å². The molecule has 10 heteroatoms. The molecule has 4 aliphatic rings. The second-order valence-electron chi connectivity index (χ2n) is 10.5. The maximum Gasteiger partial charge on any atom is 0.308 e. The monoisotopic (exact) mass is 521 g/mol. The summed E-state index contributed by atoms with van der Waals surface area (Å²) in [5, 5.41) is 32.7. The zero-order valence-electron chi connectivity index (χ0n) is 22.1.